The third kappa shape index (κ3) is 3.50. The summed E-state index contributed by atoms with van der Waals surface area (Å²) in [5.74, 6) is -1.08. The molecular formula is C14H10BrFN4O2S2. The zero-order valence-electron chi connectivity index (χ0n) is 12.2. The minimum absolute atomic E-state index is 0.0488. The maximum absolute atomic E-state index is 13.7. The molecule has 0 unspecified atom stereocenters. The summed E-state index contributed by atoms with van der Waals surface area (Å²) in [7, 11) is 0. The van der Waals surface area contributed by atoms with E-state index >= 15 is 0 Å². The van der Waals surface area contributed by atoms with Crippen LogP contribution in [0.2, 0.25) is 0 Å². The minimum atomic E-state index is -0.564. The zero-order valence-corrected chi connectivity index (χ0v) is 15.5. The molecule has 0 spiro atoms. The number of nitrogens with zero attached hydrogens (tertiary/aromatic N) is 3. The second-order valence-corrected chi connectivity index (χ2v) is 7.65. The van der Waals surface area contributed by atoms with Crippen molar-refractivity contribution in [2.24, 2.45) is 0 Å². The van der Waals surface area contributed by atoms with Gasteiger partial charge in [0.1, 0.15) is 23.4 Å². The number of aromatic nitrogens is 3. The molecule has 0 fully saturated rings. The van der Waals surface area contributed by atoms with E-state index in [-0.39, 0.29) is 17.8 Å². The van der Waals surface area contributed by atoms with Crippen molar-refractivity contribution in [1.29, 1.82) is 0 Å². The summed E-state index contributed by atoms with van der Waals surface area (Å²) >= 11 is 5.80. The van der Waals surface area contributed by atoms with Crippen LogP contribution < -0.4 is 10.9 Å². The third-order valence-electron chi connectivity index (χ3n) is 3.06. The van der Waals surface area contributed by atoms with Crippen LogP contribution in [0.1, 0.15) is 0 Å². The van der Waals surface area contributed by atoms with Gasteiger partial charge in [-0.25, -0.2) is 14.4 Å². The topological polar surface area (TPSA) is 76.9 Å². The first-order valence-corrected chi connectivity index (χ1v) is 9.46. The van der Waals surface area contributed by atoms with Crippen molar-refractivity contribution in [3.8, 4) is 0 Å². The molecular weight excluding hydrogens is 419 g/mol. The van der Waals surface area contributed by atoms with Gasteiger partial charge < -0.3 is 5.32 Å². The van der Waals surface area contributed by atoms with Crippen LogP contribution in [0.4, 0.5) is 10.1 Å². The average Bonchev–Trinajstić information content (AvgIpc) is 2.97. The molecule has 3 rings (SSSR count). The Balaban J connectivity index is 1.82. The number of rotatable bonds is 4. The molecule has 3 aromatic rings. The minimum Gasteiger partial charge on any atom is -0.322 e. The number of anilines is 1. The summed E-state index contributed by atoms with van der Waals surface area (Å²) in [6.07, 6.45) is 3.13. The predicted molar refractivity (Wildman–Crippen MR) is 96.2 cm³/mol. The van der Waals surface area contributed by atoms with Crippen LogP contribution >= 0.6 is 39.0 Å². The summed E-state index contributed by atoms with van der Waals surface area (Å²) < 4.78 is 16.6. The number of carbonyl (C=O) groups excluding carboxylic acids is 1. The fraction of sp³-hybridized carbons (Fsp3) is 0.143. The number of benzene rings is 1. The number of nitrogens with one attached hydrogen (secondary N) is 1. The molecule has 2 heterocycles. The monoisotopic (exact) mass is 428 g/mol. The van der Waals surface area contributed by atoms with Gasteiger partial charge in [-0.15, -0.1) is 11.3 Å². The van der Waals surface area contributed by atoms with Crippen molar-refractivity contribution < 1.29 is 9.18 Å². The van der Waals surface area contributed by atoms with Gasteiger partial charge in [-0.3, -0.25) is 14.2 Å². The largest absolute Gasteiger partial charge is 0.322 e. The van der Waals surface area contributed by atoms with Crippen molar-refractivity contribution in [3.05, 3.63) is 45.2 Å². The van der Waals surface area contributed by atoms with Crippen LogP contribution in [0.5, 0.6) is 0 Å². The number of thiazole rings is 1. The molecule has 0 aliphatic heterocycles. The second kappa shape index (κ2) is 6.99. The standard InChI is InChI=1S/C14H10BrFN4O2S2/c1-23-14-19-12-11(24-14)13(22)20(6-17-12)5-10(21)18-9-3-2-7(15)4-8(9)16/h2-4,6H,5H2,1H3,(H,18,21). The summed E-state index contributed by atoms with van der Waals surface area (Å²) in [4.78, 5) is 32.7. The first kappa shape index (κ1) is 17.1. The van der Waals surface area contributed by atoms with E-state index in [4.69, 9.17) is 0 Å². The maximum Gasteiger partial charge on any atom is 0.273 e. The van der Waals surface area contributed by atoms with E-state index in [0.29, 0.717) is 14.8 Å². The highest BCUT2D eigenvalue weighted by Gasteiger charge is 2.13. The average molecular weight is 429 g/mol. The fourth-order valence-electron chi connectivity index (χ4n) is 1.96. The van der Waals surface area contributed by atoms with Gasteiger partial charge in [0.2, 0.25) is 5.91 Å². The summed E-state index contributed by atoms with van der Waals surface area (Å²) in [6.45, 7) is -0.260. The van der Waals surface area contributed by atoms with Crippen molar-refractivity contribution in [3.63, 3.8) is 0 Å². The van der Waals surface area contributed by atoms with Gasteiger partial charge >= 0.3 is 0 Å². The molecule has 124 valence electrons. The van der Waals surface area contributed by atoms with Gasteiger partial charge in [0.25, 0.3) is 5.56 Å². The molecule has 0 aliphatic carbocycles. The Morgan fingerprint density at radius 2 is 2.29 bits per heavy atom. The number of halogens is 2. The van der Waals surface area contributed by atoms with Crippen LogP contribution in [0.3, 0.4) is 0 Å². The van der Waals surface area contributed by atoms with Crippen LogP contribution in [0, 0.1) is 5.82 Å². The Labute approximate surface area is 152 Å². The van der Waals surface area contributed by atoms with Crippen molar-refractivity contribution in [2.75, 3.05) is 11.6 Å². The highest BCUT2D eigenvalue weighted by molar-refractivity contribution is 9.10. The lowest BCUT2D eigenvalue weighted by Gasteiger charge is -2.08. The van der Waals surface area contributed by atoms with Gasteiger partial charge in [0, 0.05) is 4.47 Å². The number of carbonyl (C=O) groups is 1. The number of amides is 1. The normalized spacial score (nSPS) is 11.0. The lowest BCUT2D eigenvalue weighted by molar-refractivity contribution is -0.116. The number of thioether (sulfide) groups is 1. The van der Waals surface area contributed by atoms with Gasteiger partial charge in [0.15, 0.2) is 9.99 Å². The SMILES string of the molecule is CSc1nc2ncn(CC(=O)Nc3ccc(Br)cc3F)c(=O)c2s1. The van der Waals surface area contributed by atoms with Gasteiger partial charge in [-0.05, 0) is 24.5 Å². The molecule has 6 nitrogen and oxygen atoms in total. The Morgan fingerprint density at radius 3 is 3.00 bits per heavy atom. The molecule has 1 N–H and O–H groups in total. The molecule has 0 aliphatic rings. The summed E-state index contributed by atoms with van der Waals surface area (Å²) in [5, 5.41) is 2.44. The van der Waals surface area contributed by atoms with E-state index < -0.39 is 11.7 Å². The lowest BCUT2D eigenvalue weighted by Crippen LogP contribution is -2.27. The van der Waals surface area contributed by atoms with Crippen LogP contribution in [0.15, 0.2) is 38.1 Å². The second-order valence-electron chi connectivity index (χ2n) is 4.69. The van der Waals surface area contributed by atoms with E-state index in [9.17, 15) is 14.0 Å². The first-order chi connectivity index (χ1) is 11.5. The van der Waals surface area contributed by atoms with Crippen molar-refractivity contribution >= 4 is 61.0 Å². The zero-order chi connectivity index (χ0) is 17.3. The van der Waals surface area contributed by atoms with Crippen molar-refractivity contribution in [1.82, 2.24) is 14.5 Å². The first-order valence-electron chi connectivity index (χ1n) is 6.63. The molecule has 0 bridgehead atoms. The Bertz CT molecular complexity index is 989. The third-order valence-corrected chi connectivity index (χ3v) is 5.57. The smallest absolute Gasteiger partial charge is 0.273 e. The highest BCUT2D eigenvalue weighted by Crippen LogP contribution is 2.24. The summed E-state index contributed by atoms with van der Waals surface area (Å²) in [5.41, 5.74) is 0.0712. The van der Waals surface area contributed by atoms with E-state index in [1.807, 2.05) is 6.26 Å². The molecule has 1 amide bonds. The molecule has 0 radical (unpaired) electrons. The Kier molecular flexibility index (Phi) is 4.97. The molecule has 10 heteroatoms. The number of hydrogen-bond donors (Lipinski definition) is 1. The lowest BCUT2D eigenvalue weighted by atomic mass is 10.3. The molecule has 24 heavy (non-hydrogen) atoms. The quantitative estimate of drug-likeness (QED) is 0.645. The van der Waals surface area contributed by atoms with Crippen LogP contribution in [0.25, 0.3) is 10.3 Å². The van der Waals surface area contributed by atoms with Crippen LogP contribution in [-0.4, -0.2) is 26.7 Å². The van der Waals surface area contributed by atoms with Gasteiger partial charge in [-0.2, -0.15) is 0 Å². The predicted octanol–water partition coefficient (Wildman–Crippen LogP) is 3.12. The molecule has 0 atom stereocenters. The van der Waals surface area contributed by atoms with E-state index in [0.717, 1.165) is 4.34 Å². The molecule has 2 aromatic heterocycles. The molecule has 0 saturated carbocycles. The Hall–Kier alpha value is -1.78. The number of fused-ring (bicyclic) bond motifs is 1. The van der Waals surface area contributed by atoms with Gasteiger partial charge in [-0.1, -0.05) is 27.7 Å². The van der Waals surface area contributed by atoms with E-state index in [1.54, 1.807) is 6.07 Å². The Morgan fingerprint density at radius 1 is 1.50 bits per heavy atom. The molecule has 1 aromatic carbocycles. The van der Waals surface area contributed by atoms with E-state index in [2.05, 4.69) is 31.2 Å². The summed E-state index contributed by atoms with van der Waals surface area (Å²) in [6, 6.07) is 4.30. The number of hydrogen-bond acceptors (Lipinski definition) is 6. The van der Waals surface area contributed by atoms with Crippen molar-refractivity contribution in [2.45, 2.75) is 10.9 Å². The maximum atomic E-state index is 13.7. The van der Waals surface area contributed by atoms with Crippen LogP contribution in [-0.2, 0) is 11.3 Å². The van der Waals surface area contributed by atoms with Gasteiger partial charge in [0.05, 0.1) is 5.69 Å². The molecule has 0 saturated heterocycles. The van der Waals surface area contributed by atoms with E-state index in [1.165, 1.54) is 46.1 Å². The fourth-order valence-corrected chi connectivity index (χ4v) is 3.76. The highest BCUT2D eigenvalue weighted by atomic mass is 79.9.